The number of carbonyl (C=O) groups is 2. The minimum Gasteiger partial charge on any atom is -0.326 e. The van der Waals surface area contributed by atoms with Crippen LogP contribution in [0.4, 0.5) is 11.4 Å². The second-order valence-corrected chi connectivity index (χ2v) is 8.11. The van der Waals surface area contributed by atoms with Gasteiger partial charge in [-0.1, -0.05) is 57.0 Å². The maximum Gasteiger partial charge on any atom is 0.238 e. The quantitative estimate of drug-likeness (QED) is 0.596. The van der Waals surface area contributed by atoms with Crippen molar-refractivity contribution in [3.05, 3.63) is 59.7 Å². The van der Waals surface area contributed by atoms with Crippen molar-refractivity contribution in [1.29, 1.82) is 0 Å². The van der Waals surface area contributed by atoms with Crippen LogP contribution in [0.25, 0.3) is 0 Å². The fourth-order valence-corrected chi connectivity index (χ4v) is 4.66. The maximum atomic E-state index is 12.7. The minimum atomic E-state index is -0.0721. The summed E-state index contributed by atoms with van der Waals surface area (Å²) in [6.45, 7) is 4.24. The largest absolute Gasteiger partial charge is 0.326 e. The number of para-hydroxylation sites is 1. The van der Waals surface area contributed by atoms with Crippen LogP contribution in [0.3, 0.4) is 0 Å². The summed E-state index contributed by atoms with van der Waals surface area (Å²) in [6.07, 6.45) is 4.51. The summed E-state index contributed by atoms with van der Waals surface area (Å²) < 4.78 is 0. The van der Waals surface area contributed by atoms with E-state index in [2.05, 4.69) is 25.2 Å². The third-order valence-electron chi connectivity index (χ3n) is 4.96. The molecule has 4 nitrogen and oxygen atoms in total. The van der Waals surface area contributed by atoms with Gasteiger partial charge in [0.25, 0.3) is 0 Å². The molecule has 2 aromatic carbocycles. The number of nitrogens with zero attached hydrogens (tertiary/aromatic N) is 1. The fourth-order valence-electron chi connectivity index (χ4n) is 3.50. The van der Waals surface area contributed by atoms with Gasteiger partial charge in [0.2, 0.25) is 11.8 Å². The van der Waals surface area contributed by atoms with Gasteiger partial charge in [0.1, 0.15) is 5.37 Å². The van der Waals surface area contributed by atoms with E-state index in [4.69, 9.17) is 0 Å². The van der Waals surface area contributed by atoms with Crippen LogP contribution >= 0.6 is 11.8 Å². The van der Waals surface area contributed by atoms with E-state index in [9.17, 15) is 9.59 Å². The van der Waals surface area contributed by atoms with Gasteiger partial charge in [0, 0.05) is 17.8 Å². The standard InChI is InChI=1S/C23H28N2O2S/c1-3-5-6-14-21(26)24-19-12-9-11-18(15-19)23-25(22(27)16-28-23)20-13-8-7-10-17(20)4-2/h7-13,15,23H,3-6,14,16H2,1-2H3,(H,24,26)/t23-/m1/s1. The van der Waals surface area contributed by atoms with Crippen molar-refractivity contribution in [1.82, 2.24) is 0 Å². The molecule has 1 heterocycles. The number of hydrogen-bond acceptors (Lipinski definition) is 3. The number of benzene rings is 2. The van der Waals surface area contributed by atoms with E-state index in [-0.39, 0.29) is 17.2 Å². The summed E-state index contributed by atoms with van der Waals surface area (Å²) in [6, 6.07) is 16.0. The van der Waals surface area contributed by atoms with Crippen LogP contribution in [0.5, 0.6) is 0 Å². The lowest BCUT2D eigenvalue weighted by Crippen LogP contribution is -2.28. The zero-order valence-corrected chi connectivity index (χ0v) is 17.4. The second kappa shape index (κ2) is 9.78. The Hall–Kier alpha value is -2.27. The summed E-state index contributed by atoms with van der Waals surface area (Å²) in [5, 5.41) is 2.93. The molecule has 0 spiro atoms. The van der Waals surface area contributed by atoms with E-state index in [0.717, 1.165) is 42.6 Å². The second-order valence-electron chi connectivity index (χ2n) is 7.04. The van der Waals surface area contributed by atoms with Crippen LogP contribution < -0.4 is 10.2 Å². The Bertz CT molecular complexity index is 837. The average molecular weight is 397 g/mol. The molecular weight excluding hydrogens is 368 g/mol. The molecule has 0 radical (unpaired) electrons. The Morgan fingerprint density at radius 2 is 1.96 bits per heavy atom. The van der Waals surface area contributed by atoms with Crippen molar-refractivity contribution in [3.63, 3.8) is 0 Å². The molecule has 1 fully saturated rings. The lowest BCUT2D eigenvalue weighted by Gasteiger charge is -2.26. The van der Waals surface area contributed by atoms with Gasteiger partial charge in [0.15, 0.2) is 0 Å². The van der Waals surface area contributed by atoms with E-state index in [1.165, 1.54) is 5.56 Å². The molecule has 1 saturated heterocycles. The van der Waals surface area contributed by atoms with E-state index >= 15 is 0 Å². The summed E-state index contributed by atoms with van der Waals surface area (Å²) >= 11 is 1.63. The molecule has 1 aliphatic heterocycles. The van der Waals surface area contributed by atoms with Gasteiger partial charge in [-0.2, -0.15) is 0 Å². The summed E-state index contributed by atoms with van der Waals surface area (Å²) in [5.74, 6) is 0.648. The highest BCUT2D eigenvalue weighted by molar-refractivity contribution is 8.00. The van der Waals surface area contributed by atoms with Gasteiger partial charge in [-0.25, -0.2) is 0 Å². The van der Waals surface area contributed by atoms with Gasteiger partial charge < -0.3 is 5.32 Å². The highest BCUT2D eigenvalue weighted by Crippen LogP contribution is 2.43. The number of unbranched alkanes of at least 4 members (excludes halogenated alkanes) is 2. The van der Waals surface area contributed by atoms with Crippen LogP contribution in [0.1, 0.15) is 56.0 Å². The molecule has 28 heavy (non-hydrogen) atoms. The highest BCUT2D eigenvalue weighted by Gasteiger charge is 2.35. The molecular formula is C23H28N2O2S. The summed E-state index contributed by atoms with van der Waals surface area (Å²) in [4.78, 5) is 26.7. The molecule has 1 N–H and O–H groups in total. The summed E-state index contributed by atoms with van der Waals surface area (Å²) in [5.41, 5.74) is 3.98. The number of amides is 2. The number of thioether (sulfide) groups is 1. The number of carbonyl (C=O) groups excluding carboxylic acids is 2. The Kier molecular flexibility index (Phi) is 7.15. The molecule has 5 heteroatoms. The number of hydrogen-bond donors (Lipinski definition) is 1. The molecule has 1 atom stereocenters. The SMILES string of the molecule is CCCCCC(=O)Nc1cccc([C@H]2SCC(=O)N2c2ccccc2CC)c1. The van der Waals surface area contributed by atoms with Crippen molar-refractivity contribution < 1.29 is 9.59 Å². The Labute approximate surface area is 171 Å². The molecule has 0 aliphatic carbocycles. The fraction of sp³-hybridized carbons (Fsp3) is 0.391. The molecule has 0 bridgehead atoms. The number of nitrogens with one attached hydrogen (secondary N) is 1. The first-order valence-electron chi connectivity index (χ1n) is 10.1. The first-order valence-corrected chi connectivity index (χ1v) is 11.1. The zero-order valence-electron chi connectivity index (χ0n) is 16.6. The Balaban J connectivity index is 1.80. The van der Waals surface area contributed by atoms with Crippen molar-refractivity contribution >= 4 is 35.0 Å². The monoisotopic (exact) mass is 396 g/mol. The average Bonchev–Trinajstić information content (AvgIpc) is 3.09. The lowest BCUT2D eigenvalue weighted by molar-refractivity contribution is -0.117. The number of rotatable bonds is 8. The van der Waals surface area contributed by atoms with E-state index in [1.807, 2.05) is 47.4 Å². The predicted molar refractivity (Wildman–Crippen MR) is 118 cm³/mol. The molecule has 2 aromatic rings. The van der Waals surface area contributed by atoms with Gasteiger partial charge in [-0.3, -0.25) is 14.5 Å². The first-order chi connectivity index (χ1) is 13.6. The van der Waals surface area contributed by atoms with E-state index in [1.54, 1.807) is 11.8 Å². The van der Waals surface area contributed by atoms with E-state index < -0.39 is 0 Å². The van der Waals surface area contributed by atoms with Crippen molar-refractivity contribution in [2.75, 3.05) is 16.0 Å². The molecule has 148 valence electrons. The van der Waals surface area contributed by atoms with Crippen LogP contribution in [0, 0.1) is 0 Å². The first kappa shape index (κ1) is 20.5. The van der Waals surface area contributed by atoms with Crippen molar-refractivity contribution in [2.45, 2.75) is 51.3 Å². The molecule has 0 saturated carbocycles. The van der Waals surface area contributed by atoms with Crippen LogP contribution in [0.2, 0.25) is 0 Å². The van der Waals surface area contributed by atoms with Crippen molar-refractivity contribution in [2.24, 2.45) is 0 Å². The molecule has 3 rings (SSSR count). The third kappa shape index (κ3) is 4.76. The molecule has 1 aliphatic rings. The topological polar surface area (TPSA) is 49.4 Å². The zero-order chi connectivity index (χ0) is 19.9. The van der Waals surface area contributed by atoms with Crippen LogP contribution in [-0.4, -0.2) is 17.6 Å². The third-order valence-corrected chi connectivity index (χ3v) is 6.18. The highest BCUT2D eigenvalue weighted by atomic mass is 32.2. The van der Waals surface area contributed by atoms with E-state index in [0.29, 0.717) is 12.2 Å². The van der Waals surface area contributed by atoms with Gasteiger partial charge in [-0.15, -0.1) is 11.8 Å². The number of aryl methyl sites for hydroxylation is 1. The van der Waals surface area contributed by atoms with Gasteiger partial charge in [0.05, 0.1) is 5.75 Å². The normalized spacial score (nSPS) is 16.4. The van der Waals surface area contributed by atoms with Crippen LogP contribution in [-0.2, 0) is 16.0 Å². The Morgan fingerprint density at radius 3 is 2.75 bits per heavy atom. The number of anilines is 2. The minimum absolute atomic E-state index is 0.0499. The smallest absolute Gasteiger partial charge is 0.238 e. The molecule has 2 amide bonds. The van der Waals surface area contributed by atoms with Crippen LogP contribution in [0.15, 0.2) is 48.5 Å². The molecule has 0 unspecified atom stereocenters. The van der Waals surface area contributed by atoms with Gasteiger partial charge >= 0.3 is 0 Å². The van der Waals surface area contributed by atoms with Gasteiger partial charge in [-0.05, 0) is 42.2 Å². The molecule has 0 aromatic heterocycles. The predicted octanol–water partition coefficient (Wildman–Crippen LogP) is 5.55. The Morgan fingerprint density at radius 1 is 1.14 bits per heavy atom. The maximum absolute atomic E-state index is 12.7. The van der Waals surface area contributed by atoms with Crippen molar-refractivity contribution in [3.8, 4) is 0 Å². The lowest BCUT2D eigenvalue weighted by atomic mass is 10.1. The summed E-state index contributed by atoms with van der Waals surface area (Å²) in [7, 11) is 0.